The summed E-state index contributed by atoms with van der Waals surface area (Å²) in [6.45, 7) is 4.76. The van der Waals surface area contributed by atoms with Crippen LogP contribution in [0.4, 0.5) is 11.5 Å². The maximum Gasteiger partial charge on any atom is 0.274 e. The normalized spacial score (nSPS) is 15.0. The number of carbonyl (C=O) groups excluding carboxylic acids is 2. The number of pyridine rings is 1. The Kier molecular flexibility index (Phi) is 7.14. The predicted octanol–water partition coefficient (Wildman–Crippen LogP) is 3.77. The molecule has 194 valence electrons. The smallest absolute Gasteiger partial charge is 0.274 e. The van der Waals surface area contributed by atoms with E-state index in [1.807, 2.05) is 29.2 Å². The Morgan fingerprint density at radius 3 is 2.69 bits per heavy atom. The van der Waals surface area contributed by atoms with Crippen LogP contribution in [0.3, 0.4) is 0 Å². The third-order valence-corrected chi connectivity index (χ3v) is 6.57. The number of benzene rings is 2. The summed E-state index contributed by atoms with van der Waals surface area (Å²) >= 11 is 0. The summed E-state index contributed by atoms with van der Waals surface area (Å²) in [7, 11) is 0. The zero-order valence-corrected chi connectivity index (χ0v) is 21.0. The Balaban J connectivity index is 1.52. The van der Waals surface area contributed by atoms with Crippen molar-refractivity contribution in [3.05, 3.63) is 85.3 Å². The first-order chi connectivity index (χ1) is 19.0. The van der Waals surface area contributed by atoms with Gasteiger partial charge in [0, 0.05) is 55.1 Å². The molecule has 1 atom stereocenters. The molecule has 10 heteroatoms. The topological polar surface area (TPSA) is 135 Å². The van der Waals surface area contributed by atoms with Gasteiger partial charge in [0.25, 0.3) is 5.91 Å². The average molecular weight is 520 g/mol. The summed E-state index contributed by atoms with van der Waals surface area (Å²) < 4.78 is 0. The van der Waals surface area contributed by atoms with E-state index in [4.69, 9.17) is 4.98 Å². The fourth-order valence-electron chi connectivity index (χ4n) is 4.68. The van der Waals surface area contributed by atoms with Crippen molar-refractivity contribution in [3.8, 4) is 23.2 Å². The molecule has 1 aliphatic rings. The lowest BCUT2D eigenvalue weighted by Crippen LogP contribution is -2.55. The van der Waals surface area contributed by atoms with Crippen molar-refractivity contribution in [2.45, 2.75) is 12.5 Å². The minimum atomic E-state index is -0.473. The molecular formula is C29H25N7O3. The van der Waals surface area contributed by atoms with Crippen LogP contribution in [-0.4, -0.2) is 62.4 Å². The first kappa shape index (κ1) is 25.4. The standard InChI is InChI=1S/C29H25N7O3/c1-2-27(38)36-14-13-35(18-21(36)7-10-30)26-17-25(32-28(34-26)19-8-11-31-12-9-19)29(39)33-24-16-22(37)15-20-5-3-4-6-23(20)24/h2-6,8-9,11-12,15-17,21,37H,1,7,13-14,18H2,(H,33,39)/t21-/m0/s1. The van der Waals surface area contributed by atoms with Gasteiger partial charge in [-0.25, -0.2) is 9.97 Å². The minimum absolute atomic E-state index is 0.0281. The molecule has 2 amide bonds. The van der Waals surface area contributed by atoms with Crippen LogP contribution in [0.2, 0.25) is 0 Å². The summed E-state index contributed by atoms with van der Waals surface area (Å²) in [5.41, 5.74) is 1.25. The van der Waals surface area contributed by atoms with E-state index in [0.717, 1.165) is 10.8 Å². The van der Waals surface area contributed by atoms with E-state index in [1.54, 1.807) is 41.6 Å². The average Bonchev–Trinajstić information content (AvgIpc) is 2.97. The highest BCUT2D eigenvalue weighted by Crippen LogP contribution is 2.30. The molecule has 0 unspecified atom stereocenters. The van der Waals surface area contributed by atoms with Crippen molar-refractivity contribution in [3.63, 3.8) is 0 Å². The molecule has 1 fully saturated rings. The molecule has 3 heterocycles. The van der Waals surface area contributed by atoms with E-state index in [2.05, 4.69) is 27.9 Å². The zero-order valence-electron chi connectivity index (χ0n) is 21.0. The van der Waals surface area contributed by atoms with E-state index in [-0.39, 0.29) is 29.8 Å². The van der Waals surface area contributed by atoms with Gasteiger partial charge in [0.15, 0.2) is 5.82 Å². The van der Waals surface area contributed by atoms with E-state index in [0.29, 0.717) is 42.5 Å². The second-order valence-corrected chi connectivity index (χ2v) is 9.04. The molecule has 10 nitrogen and oxygen atoms in total. The Bertz CT molecular complexity index is 1600. The summed E-state index contributed by atoms with van der Waals surface area (Å²) in [5.74, 6) is 0.158. The van der Waals surface area contributed by atoms with Gasteiger partial charge in [-0.15, -0.1) is 0 Å². The van der Waals surface area contributed by atoms with Gasteiger partial charge in [0.2, 0.25) is 5.91 Å². The summed E-state index contributed by atoms with van der Waals surface area (Å²) in [6, 6.07) is 17.4. The number of nitrogens with one attached hydrogen (secondary N) is 1. The largest absolute Gasteiger partial charge is 0.508 e. The molecule has 0 saturated carbocycles. The van der Waals surface area contributed by atoms with Gasteiger partial charge in [0.1, 0.15) is 17.3 Å². The van der Waals surface area contributed by atoms with Crippen LogP contribution >= 0.6 is 0 Å². The minimum Gasteiger partial charge on any atom is -0.508 e. The van der Waals surface area contributed by atoms with E-state index in [1.165, 1.54) is 12.1 Å². The van der Waals surface area contributed by atoms with E-state index in [9.17, 15) is 20.0 Å². The number of phenols is 1. The molecule has 2 N–H and O–H groups in total. The molecule has 5 rings (SSSR count). The monoisotopic (exact) mass is 519 g/mol. The van der Waals surface area contributed by atoms with Crippen molar-refractivity contribution in [2.24, 2.45) is 0 Å². The van der Waals surface area contributed by atoms with Crippen LogP contribution in [0.1, 0.15) is 16.9 Å². The van der Waals surface area contributed by atoms with Gasteiger partial charge < -0.3 is 20.2 Å². The fraction of sp³-hybridized carbons (Fsp3) is 0.172. The molecule has 2 aromatic carbocycles. The number of amides is 2. The third kappa shape index (κ3) is 5.38. The fourth-order valence-corrected chi connectivity index (χ4v) is 4.68. The van der Waals surface area contributed by atoms with Crippen LogP contribution in [0.15, 0.2) is 79.6 Å². The SMILES string of the molecule is C=CC(=O)N1CCN(c2cc(C(=O)Nc3cc(O)cc4ccccc34)nc(-c3ccncc3)n2)C[C@@H]1CC#N. The van der Waals surface area contributed by atoms with Gasteiger partial charge in [-0.05, 0) is 29.7 Å². The first-order valence-corrected chi connectivity index (χ1v) is 12.3. The number of phenolic OH excluding ortho intramolecular Hbond substituents is 1. The molecule has 0 bridgehead atoms. The van der Waals surface area contributed by atoms with Gasteiger partial charge in [-0.2, -0.15) is 5.26 Å². The molecule has 0 radical (unpaired) electrons. The van der Waals surface area contributed by atoms with Crippen LogP contribution in [0.5, 0.6) is 5.75 Å². The predicted molar refractivity (Wildman–Crippen MR) is 147 cm³/mol. The van der Waals surface area contributed by atoms with Crippen molar-refractivity contribution in [1.82, 2.24) is 19.9 Å². The zero-order chi connectivity index (χ0) is 27.4. The van der Waals surface area contributed by atoms with Gasteiger partial charge in [0.05, 0.1) is 24.2 Å². The number of nitriles is 1. The Labute approximate surface area is 224 Å². The number of anilines is 2. The van der Waals surface area contributed by atoms with Gasteiger partial charge in [-0.3, -0.25) is 14.6 Å². The number of hydrogen-bond acceptors (Lipinski definition) is 8. The third-order valence-electron chi connectivity index (χ3n) is 6.57. The van der Waals surface area contributed by atoms with Crippen molar-refractivity contribution >= 4 is 34.1 Å². The number of fused-ring (bicyclic) bond motifs is 1. The number of rotatable bonds is 6. The highest BCUT2D eigenvalue weighted by atomic mass is 16.3. The van der Waals surface area contributed by atoms with Crippen molar-refractivity contribution in [2.75, 3.05) is 29.9 Å². The lowest BCUT2D eigenvalue weighted by atomic mass is 10.1. The summed E-state index contributed by atoms with van der Waals surface area (Å²) in [6.07, 6.45) is 4.63. The Morgan fingerprint density at radius 2 is 1.92 bits per heavy atom. The molecule has 1 aliphatic heterocycles. The maximum absolute atomic E-state index is 13.5. The number of aromatic nitrogens is 3. The van der Waals surface area contributed by atoms with E-state index < -0.39 is 5.91 Å². The highest BCUT2D eigenvalue weighted by molar-refractivity contribution is 6.09. The quantitative estimate of drug-likeness (QED) is 0.368. The lowest BCUT2D eigenvalue weighted by Gasteiger charge is -2.40. The number of aromatic hydroxyl groups is 1. The molecule has 0 spiro atoms. The van der Waals surface area contributed by atoms with Crippen LogP contribution < -0.4 is 10.2 Å². The molecule has 39 heavy (non-hydrogen) atoms. The molecule has 4 aromatic rings. The summed E-state index contributed by atoms with van der Waals surface area (Å²) in [4.78, 5) is 42.8. The van der Waals surface area contributed by atoms with Crippen molar-refractivity contribution in [1.29, 1.82) is 5.26 Å². The molecule has 0 aliphatic carbocycles. The van der Waals surface area contributed by atoms with Gasteiger partial charge in [-0.1, -0.05) is 30.8 Å². The van der Waals surface area contributed by atoms with Crippen LogP contribution in [0.25, 0.3) is 22.2 Å². The highest BCUT2D eigenvalue weighted by Gasteiger charge is 2.30. The Hall–Kier alpha value is -5.30. The molecule has 1 saturated heterocycles. The number of nitrogens with zero attached hydrogens (tertiary/aromatic N) is 6. The second-order valence-electron chi connectivity index (χ2n) is 9.04. The van der Waals surface area contributed by atoms with Crippen LogP contribution in [0, 0.1) is 11.3 Å². The summed E-state index contributed by atoms with van der Waals surface area (Å²) in [5, 5.41) is 24.0. The Morgan fingerprint density at radius 1 is 1.13 bits per heavy atom. The lowest BCUT2D eigenvalue weighted by molar-refractivity contribution is -0.128. The van der Waals surface area contributed by atoms with Crippen LogP contribution in [-0.2, 0) is 4.79 Å². The molecular weight excluding hydrogens is 494 g/mol. The second kappa shape index (κ2) is 11.0. The molecule has 2 aromatic heterocycles. The number of hydrogen-bond donors (Lipinski definition) is 2. The van der Waals surface area contributed by atoms with E-state index >= 15 is 0 Å². The van der Waals surface area contributed by atoms with Crippen molar-refractivity contribution < 1.29 is 14.7 Å². The maximum atomic E-state index is 13.5. The first-order valence-electron chi connectivity index (χ1n) is 12.3. The van der Waals surface area contributed by atoms with Gasteiger partial charge >= 0.3 is 0 Å². The number of carbonyl (C=O) groups is 2. The number of piperazine rings is 1.